The number of carbonyl (C=O) groups is 1. The first-order chi connectivity index (χ1) is 9.07. The van der Waals surface area contributed by atoms with Crippen LogP contribution in [0.2, 0.25) is 0 Å². The minimum absolute atomic E-state index is 0. The van der Waals surface area contributed by atoms with Gasteiger partial charge < -0.3 is 25.3 Å². The normalized spacial score (nSPS) is 11.1. The van der Waals surface area contributed by atoms with Crippen molar-refractivity contribution in [1.82, 2.24) is 0 Å². The Morgan fingerprint density at radius 2 is 1.70 bits per heavy atom. The van der Waals surface area contributed by atoms with Crippen LogP contribution in [0.3, 0.4) is 0 Å². The second-order valence-corrected chi connectivity index (χ2v) is 3.92. The summed E-state index contributed by atoms with van der Waals surface area (Å²) in [6, 6.07) is 2.77. The molecule has 0 aliphatic rings. The second kappa shape index (κ2) is 8.50. The average Bonchev–Trinajstić information content (AvgIpc) is 2.44. The summed E-state index contributed by atoms with van der Waals surface area (Å²) in [7, 11) is 4.55. The van der Waals surface area contributed by atoms with Crippen molar-refractivity contribution in [3.05, 3.63) is 12.1 Å². The Hall–Kier alpha value is -1.66. The van der Waals surface area contributed by atoms with Crippen LogP contribution < -0.4 is 25.3 Å². The highest BCUT2D eigenvalue weighted by molar-refractivity contribution is 5.95. The van der Waals surface area contributed by atoms with Crippen LogP contribution in [0.5, 0.6) is 17.2 Å². The third-order valence-electron chi connectivity index (χ3n) is 2.71. The Kier molecular flexibility index (Phi) is 7.79. The van der Waals surface area contributed by atoms with Crippen LogP contribution in [-0.2, 0) is 4.79 Å². The predicted molar refractivity (Wildman–Crippen MR) is 80.2 cm³/mol. The molecule has 0 fully saturated rings. The van der Waals surface area contributed by atoms with Gasteiger partial charge in [-0.3, -0.25) is 4.79 Å². The van der Waals surface area contributed by atoms with E-state index in [2.05, 4.69) is 5.32 Å². The zero-order valence-corrected chi connectivity index (χ0v) is 12.9. The molecular formula is C13H21ClN2O4. The molecule has 0 spiro atoms. The van der Waals surface area contributed by atoms with Crippen molar-refractivity contribution in [1.29, 1.82) is 0 Å². The molecule has 1 aromatic carbocycles. The van der Waals surface area contributed by atoms with E-state index in [-0.39, 0.29) is 18.3 Å². The number of halogens is 1. The van der Waals surface area contributed by atoms with E-state index >= 15 is 0 Å². The number of rotatable bonds is 6. The monoisotopic (exact) mass is 304 g/mol. The molecule has 3 N–H and O–H groups in total. The van der Waals surface area contributed by atoms with Crippen LogP contribution in [0.15, 0.2) is 12.1 Å². The molecule has 1 atom stereocenters. The first-order valence-electron chi connectivity index (χ1n) is 5.93. The molecule has 0 bridgehead atoms. The number of anilines is 1. The highest BCUT2D eigenvalue weighted by Gasteiger charge is 2.16. The van der Waals surface area contributed by atoms with E-state index in [1.165, 1.54) is 21.3 Å². The molecule has 0 unspecified atom stereocenters. The lowest BCUT2D eigenvalue weighted by Crippen LogP contribution is -2.34. The van der Waals surface area contributed by atoms with E-state index in [9.17, 15) is 4.79 Å². The SMILES string of the molecule is CC[C@H](N)C(=O)Nc1cc(OC)c(OC)c(OC)c1.Cl. The topological polar surface area (TPSA) is 82.8 Å². The van der Waals surface area contributed by atoms with E-state index in [1.54, 1.807) is 12.1 Å². The van der Waals surface area contributed by atoms with Gasteiger partial charge in [-0.1, -0.05) is 6.92 Å². The molecule has 0 saturated carbocycles. The number of hydrogen-bond donors (Lipinski definition) is 2. The van der Waals surface area contributed by atoms with Crippen LogP contribution in [0, 0.1) is 0 Å². The van der Waals surface area contributed by atoms with Gasteiger partial charge in [0.1, 0.15) is 0 Å². The van der Waals surface area contributed by atoms with Crippen LogP contribution >= 0.6 is 12.4 Å². The van der Waals surface area contributed by atoms with Crippen molar-refractivity contribution in [2.75, 3.05) is 26.6 Å². The molecule has 20 heavy (non-hydrogen) atoms. The molecule has 0 aliphatic carbocycles. The van der Waals surface area contributed by atoms with Gasteiger partial charge in [-0.25, -0.2) is 0 Å². The molecule has 0 aromatic heterocycles. The van der Waals surface area contributed by atoms with Crippen molar-refractivity contribution >= 4 is 24.0 Å². The molecule has 0 aliphatic heterocycles. The molecule has 1 aromatic rings. The maximum atomic E-state index is 11.7. The summed E-state index contributed by atoms with van der Waals surface area (Å²) in [6.07, 6.45) is 0.566. The number of amides is 1. The lowest BCUT2D eigenvalue weighted by molar-refractivity contribution is -0.117. The molecule has 0 radical (unpaired) electrons. The number of nitrogens with one attached hydrogen (secondary N) is 1. The summed E-state index contributed by atoms with van der Waals surface area (Å²) in [5.74, 6) is 1.17. The maximum absolute atomic E-state index is 11.7. The molecule has 1 amide bonds. The van der Waals surface area contributed by atoms with Crippen molar-refractivity contribution in [2.45, 2.75) is 19.4 Å². The van der Waals surface area contributed by atoms with Crippen LogP contribution in [-0.4, -0.2) is 33.3 Å². The summed E-state index contributed by atoms with van der Waals surface area (Å²) >= 11 is 0. The number of carbonyl (C=O) groups excluding carboxylic acids is 1. The molecular weight excluding hydrogens is 284 g/mol. The van der Waals surface area contributed by atoms with Crippen molar-refractivity contribution < 1.29 is 19.0 Å². The highest BCUT2D eigenvalue weighted by Crippen LogP contribution is 2.39. The highest BCUT2D eigenvalue weighted by atomic mass is 35.5. The second-order valence-electron chi connectivity index (χ2n) is 3.92. The smallest absolute Gasteiger partial charge is 0.241 e. The summed E-state index contributed by atoms with van der Waals surface area (Å²) in [5.41, 5.74) is 6.21. The van der Waals surface area contributed by atoms with Gasteiger partial charge in [-0.2, -0.15) is 0 Å². The van der Waals surface area contributed by atoms with Crippen molar-refractivity contribution in [3.8, 4) is 17.2 Å². The van der Waals surface area contributed by atoms with Crippen LogP contribution in [0.25, 0.3) is 0 Å². The lowest BCUT2D eigenvalue weighted by atomic mass is 10.2. The van der Waals surface area contributed by atoms with Gasteiger partial charge >= 0.3 is 0 Å². The van der Waals surface area contributed by atoms with Gasteiger partial charge in [0.25, 0.3) is 0 Å². The van der Waals surface area contributed by atoms with Crippen LogP contribution in [0.1, 0.15) is 13.3 Å². The Bertz CT molecular complexity index is 429. The minimum Gasteiger partial charge on any atom is -0.493 e. The van der Waals surface area contributed by atoms with E-state index in [1.807, 2.05) is 6.92 Å². The maximum Gasteiger partial charge on any atom is 0.241 e. The van der Waals surface area contributed by atoms with Crippen molar-refractivity contribution in [2.24, 2.45) is 5.73 Å². The number of methoxy groups -OCH3 is 3. The average molecular weight is 305 g/mol. The third-order valence-corrected chi connectivity index (χ3v) is 2.71. The predicted octanol–water partition coefficient (Wildman–Crippen LogP) is 1.81. The third kappa shape index (κ3) is 4.18. The van der Waals surface area contributed by atoms with Gasteiger partial charge in [0, 0.05) is 17.8 Å². The number of benzene rings is 1. The zero-order valence-electron chi connectivity index (χ0n) is 12.1. The van der Waals surface area contributed by atoms with Gasteiger partial charge in [0.2, 0.25) is 11.7 Å². The molecule has 114 valence electrons. The summed E-state index contributed by atoms with van der Waals surface area (Å²) in [5, 5.41) is 2.71. The van der Waals surface area contributed by atoms with E-state index in [0.717, 1.165) is 0 Å². The lowest BCUT2D eigenvalue weighted by Gasteiger charge is -2.15. The van der Waals surface area contributed by atoms with Gasteiger partial charge in [-0.05, 0) is 6.42 Å². The molecule has 6 nitrogen and oxygen atoms in total. The zero-order chi connectivity index (χ0) is 14.4. The Morgan fingerprint density at radius 3 is 2.05 bits per heavy atom. The summed E-state index contributed by atoms with van der Waals surface area (Å²) in [4.78, 5) is 11.7. The van der Waals surface area contributed by atoms with E-state index < -0.39 is 6.04 Å². The fourth-order valence-corrected chi connectivity index (χ4v) is 1.57. The van der Waals surface area contributed by atoms with Gasteiger partial charge in [-0.15, -0.1) is 12.4 Å². The van der Waals surface area contributed by atoms with E-state index in [0.29, 0.717) is 29.4 Å². The minimum atomic E-state index is -0.543. The molecule has 0 heterocycles. The standard InChI is InChI=1S/C13H20N2O4.ClH/c1-5-9(14)13(16)15-8-6-10(17-2)12(19-4)11(7-8)18-3;/h6-7,9H,5,14H2,1-4H3,(H,15,16);1H/t9-;/m0./s1. The largest absolute Gasteiger partial charge is 0.493 e. The fourth-order valence-electron chi connectivity index (χ4n) is 1.57. The van der Waals surface area contributed by atoms with Crippen LogP contribution in [0.4, 0.5) is 5.69 Å². The molecule has 0 saturated heterocycles. The first-order valence-corrected chi connectivity index (χ1v) is 5.93. The number of hydrogen-bond acceptors (Lipinski definition) is 5. The van der Waals surface area contributed by atoms with Gasteiger partial charge in [0.15, 0.2) is 11.5 Å². The van der Waals surface area contributed by atoms with Gasteiger partial charge in [0.05, 0.1) is 27.4 Å². The quantitative estimate of drug-likeness (QED) is 0.837. The summed E-state index contributed by atoms with van der Waals surface area (Å²) in [6.45, 7) is 1.85. The Balaban J connectivity index is 0.00000361. The Labute approximate surface area is 125 Å². The first kappa shape index (κ1) is 18.3. The molecule has 1 rings (SSSR count). The summed E-state index contributed by atoms with van der Waals surface area (Å²) < 4.78 is 15.6. The fraction of sp³-hybridized carbons (Fsp3) is 0.462. The number of ether oxygens (including phenoxy) is 3. The molecule has 7 heteroatoms. The van der Waals surface area contributed by atoms with E-state index in [4.69, 9.17) is 19.9 Å². The Morgan fingerprint density at radius 1 is 1.20 bits per heavy atom. The number of nitrogens with two attached hydrogens (primary N) is 1. The van der Waals surface area contributed by atoms with Crippen molar-refractivity contribution in [3.63, 3.8) is 0 Å².